The first-order valence-electron chi connectivity index (χ1n) is 31.6. The summed E-state index contributed by atoms with van der Waals surface area (Å²) in [5, 5.41) is 0. The topological polar surface area (TPSA) is 156 Å². The fourth-order valence-corrected chi connectivity index (χ4v) is 41.8. The molecule has 554 valence electrons. The molecule has 0 bridgehead atoms. The van der Waals surface area contributed by atoms with Crippen LogP contribution < -0.4 is 0 Å². The van der Waals surface area contributed by atoms with Crippen LogP contribution in [0.2, 0.25) is 0 Å². The Hall–Kier alpha value is 6.04. The second-order valence-electron chi connectivity index (χ2n) is 25.4. The van der Waals surface area contributed by atoms with Gasteiger partial charge in [-0.15, -0.1) is 0 Å². The summed E-state index contributed by atoms with van der Waals surface area (Å²) in [4.78, 5) is 12.7. The van der Waals surface area contributed by atoms with Crippen LogP contribution in [0.3, 0.4) is 0 Å². The molecule has 0 aromatic carbocycles. The van der Waals surface area contributed by atoms with E-state index >= 15 is 0 Å². The van der Waals surface area contributed by atoms with Gasteiger partial charge in [0, 0.05) is 17.3 Å². The Labute approximate surface area is 624 Å². The first kappa shape index (κ1) is 98.0. The van der Waals surface area contributed by atoms with Gasteiger partial charge in [0.2, 0.25) is 17.1 Å². The number of hydrogen-bond donors (Lipinski definition) is 1. The second kappa shape index (κ2) is 51.3. The third-order valence-corrected chi connectivity index (χ3v) is 49.4. The zero-order chi connectivity index (χ0) is 70.7. The Morgan fingerprint density at radius 2 is 0.565 bits per heavy atom. The van der Waals surface area contributed by atoms with E-state index in [4.69, 9.17) is 151 Å². The van der Waals surface area contributed by atoms with Crippen molar-refractivity contribution < 1.29 is 72.9 Å². The Morgan fingerprint density at radius 1 is 0.348 bits per heavy atom. The Morgan fingerprint density at radius 3 is 0.793 bits per heavy atom. The molecule has 0 aromatic heterocycles. The Balaban J connectivity index is 7.20. The number of ether oxygens (including phenoxy) is 1. The molecule has 8 atom stereocenters. The summed E-state index contributed by atoms with van der Waals surface area (Å²) >= 11 is 52.7. The fourth-order valence-electron chi connectivity index (χ4n) is 5.89. The fraction of sp³-hybridized carbons (Fsp3) is 0.982. The zero-order valence-corrected chi connectivity index (χ0v) is 76.9. The molecule has 0 saturated carbocycles. The Bertz CT molecular complexity index is 2190. The molecule has 0 rings (SSSR count). The van der Waals surface area contributed by atoms with Gasteiger partial charge in [0.1, 0.15) is 0 Å². The molecular weight excluding hydrogens is 1580 g/mol. The van der Waals surface area contributed by atoms with Crippen LogP contribution in [0.25, 0.3) is 0 Å². The van der Waals surface area contributed by atoms with Crippen molar-refractivity contribution in [1.29, 1.82) is 0 Å². The zero-order valence-electron chi connectivity index (χ0n) is 59.1. The molecule has 0 radical (unpaired) electrons. The molecule has 0 aromatic rings. The van der Waals surface area contributed by atoms with Crippen LogP contribution in [0.15, 0.2) is 0 Å². The second-order valence-corrected chi connectivity index (χ2v) is 70.7. The first-order chi connectivity index (χ1) is 42.4. The normalized spacial score (nSPS) is 17.4. The SMILES string of the molecule is CCOC(=O)CCSP(=S)(OC(C)CSP(=S)(OC(C)CSP(=S)(OCC(C)C)OCC(C)C)OC(C)CSP(=S)(OCC(C)C)OCC(C)C)OC(C)CSP(=S)(OC(C)CSP(=S)(OCC(C)C)OCC(C)C)OC(C)CS[PH](S)(OCC(C)C)OCC(C)C. The summed E-state index contributed by atoms with van der Waals surface area (Å²) in [6.07, 6.45) is -5.53. The van der Waals surface area contributed by atoms with Gasteiger partial charge in [0.25, 0.3) is 0 Å². The third kappa shape index (κ3) is 51.3. The van der Waals surface area contributed by atoms with Crippen molar-refractivity contribution in [2.24, 2.45) is 47.3 Å². The standard InChI is InChI=1S/C55H119O16P7S14/c1-24-57-55(56)25-26-86-76(83,66-53(22)39-91-77(84,68-49(18)35-87-72(79,58-27-41(2)3)59-28-42(4)5)69-50(19)36-88-73(80,60-29-43(6)7)61-30-44(8)9)67-54(23)40-92-78(85,70-51(20)37-89-74(81,62-31-45(10)11)63-32-46(12)13)71-52(21)38-90-75(82,64-33-47(14)15)65-34-48(16)17/h41-54,72,79H,24-40H2,1-23H3. The predicted octanol–water partition coefficient (Wildman–Crippen LogP) is 22.6. The third-order valence-electron chi connectivity index (χ3n) is 10.1. The van der Waals surface area contributed by atoms with Gasteiger partial charge < -0.3 is 31.9 Å². The average Bonchev–Trinajstić information content (AvgIpc) is 2.03. The quantitative estimate of drug-likeness (QED) is 0.0348. The van der Waals surface area contributed by atoms with Crippen molar-refractivity contribution in [3.63, 3.8) is 0 Å². The number of esters is 1. The van der Waals surface area contributed by atoms with Crippen LogP contribution >= 0.6 is 132 Å². The van der Waals surface area contributed by atoms with Crippen LogP contribution in [-0.4, -0.2) is 142 Å². The summed E-state index contributed by atoms with van der Waals surface area (Å²) < 4.78 is 97.0. The van der Waals surface area contributed by atoms with Gasteiger partial charge in [0.05, 0.1) is 51.7 Å². The number of carbonyl (C=O) groups is 1. The van der Waals surface area contributed by atoms with Crippen molar-refractivity contribution in [3.8, 4) is 0 Å². The van der Waals surface area contributed by atoms with Crippen molar-refractivity contribution in [1.82, 2.24) is 0 Å². The average molecular weight is 1700 g/mol. The minimum absolute atomic E-state index is 0.108. The summed E-state index contributed by atoms with van der Waals surface area (Å²) in [7, 11) is 0. The van der Waals surface area contributed by atoms with E-state index in [0.29, 0.717) is 105 Å². The summed E-state index contributed by atoms with van der Waals surface area (Å²) in [6, 6.07) is 0. The molecule has 8 unspecified atom stereocenters. The van der Waals surface area contributed by atoms with Crippen molar-refractivity contribution in [3.05, 3.63) is 0 Å². The molecule has 0 aliphatic rings. The van der Waals surface area contributed by atoms with Crippen LogP contribution in [0, 0.1) is 47.3 Å². The van der Waals surface area contributed by atoms with Crippen LogP contribution in [0.5, 0.6) is 0 Å². The maximum absolute atomic E-state index is 12.7. The van der Waals surface area contributed by atoms with Gasteiger partial charge >= 0.3 is 293 Å². The van der Waals surface area contributed by atoms with Gasteiger partial charge in [-0.1, -0.05) is 117 Å². The van der Waals surface area contributed by atoms with E-state index in [-0.39, 0.29) is 60.6 Å². The molecule has 0 amide bonds. The first-order valence-corrected chi connectivity index (χ1v) is 61.8. The van der Waals surface area contributed by atoms with Crippen molar-refractivity contribution in [2.75, 3.05) is 99.7 Å². The molecule has 0 fully saturated rings. The summed E-state index contributed by atoms with van der Waals surface area (Å²) in [6.45, 7) is 51.1. The van der Waals surface area contributed by atoms with Crippen LogP contribution in [-0.2, 0) is 144 Å². The Kier molecular flexibility index (Phi) is 54.7. The van der Waals surface area contributed by atoms with Gasteiger partial charge in [-0.25, -0.2) is 0 Å². The minimum atomic E-state index is -3.25. The van der Waals surface area contributed by atoms with Gasteiger partial charge in [0.15, 0.2) is 0 Å². The van der Waals surface area contributed by atoms with Crippen molar-refractivity contribution in [2.45, 2.75) is 202 Å². The molecule has 0 spiro atoms. The number of rotatable bonds is 59. The molecule has 37 heteroatoms. The molecule has 92 heavy (non-hydrogen) atoms. The van der Waals surface area contributed by atoms with E-state index in [1.807, 2.05) is 41.5 Å². The van der Waals surface area contributed by atoms with Gasteiger partial charge in [-0.2, -0.15) is 0 Å². The van der Waals surface area contributed by atoms with E-state index in [1.165, 1.54) is 68.3 Å². The molecule has 0 heterocycles. The number of carbonyl (C=O) groups excluding carboxylic acids is 1. The predicted molar refractivity (Wildman–Crippen MR) is 441 cm³/mol. The molecule has 0 aliphatic carbocycles. The van der Waals surface area contributed by atoms with Gasteiger partial charge in [-0.3, -0.25) is 4.79 Å². The molecule has 0 saturated heterocycles. The number of thiol groups is 1. The number of hydrogen-bond acceptors (Lipinski definition) is 30. The maximum atomic E-state index is 12.7. The van der Waals surface area contributed by atoms with Gasteiger partial charge in [-0.05, 0) is 98.6 Å². The molecular formula is C55H119O16P7S14. The van der Waals surface area contributed by atoms with E-state index in [0.717, 1.165) is 0 Å². The van der Waals surface area contributed by atoms with E-state index in [9.17, 15) is 4.79 Å². The van der Waals surface area contributed by atoms with E-state index < -0.39 is 70.8 Å². The summed E-state index contributed by atoms with van der Waals surface area (Å²) in [5.74, 6) is 4.71. The van der Waals surface area contributed by atoms with E-state index in [1.54, 1.807) is 18.3 Å². The molecule has 16 nitrogen and oxygen atoms in total. The van der Waals surface area contributed by atoms with Crippen LogP contribution in [0.4, 0.5) is 0 Å². The van der Waals surface area contributed by atoms with Crippen LogP contribution in [0.1, 0.15) is 166 Å². The van der Waals surface area contributed by atoms with Crippen molar-refractivity contribution >= 4 is 209 Å². The summed E-state index contributed by atoms with van der Waals surface area (Å²) in [5.41, 5.74) is -17.8. The monoisotopic (exact) mass is 1700 g/mol. The molecule has 0 aliphatic heterocycles. The van der Waals surface area contributed by atoms with E-state index in [2.05, 4.69) is 111 Å². The molecule has 0 N–H and O–H groups in total.